The number of hydrogen-bond acceptors (Lipinski definition) is 5. The van der Waals surface area contributed by atoms with Crippen molar-refractivity contribution in [2.45, 2.75) is 12.8 Å². The highest BCUT2D eigenvalue weighted by Gasteiger charge is 2.31. The van der Waals surface area contributed by atoms with E-state index in [9.17, 15) is 9.59 Å². The van der Waals surface area contributed by atoms with Crippen LogP contribution in [0.2, 0.25) is 5.02 Å². The van der Waals surface area contributed by atoms with Crippen LogP contribution in [-0.4, -0.2) is 34.7 Å². The number of carbonyl (C=O) groups is 2. The summed E-state index contributed by atoms with van der Waals surface area (Å²) >= 11 is 12.7. The number of halogens is 1. The second-order valence-corrected chi connectivity index (χ2v) is 8.32. The summed E-state index contributed by atoms with van der Waals surface area (Å²) in [5, 5.41) is 3.40. The summed E-state index contributed by atoms with van der Waals surface area (Å²) in [7, 11) is 1.59. The minimum atomic E-state index is -0.157. The maximum absolute atomic E-state index is 12.7. The number of rotatable bonds is 7. The van der Waals surface area contributed by atoms with Gasteiger partial charge < -0.3 is 10.1 Å². The van der Waals surface area contributed by atoms with Crippen molar-refractivity contribution < 1.29 is 14.3 Å². The molecule has 0 aliphatic carbocycles. The number of hydrogen-bond donors (Lipinski definition) is 1. The molecule has 0 aromatic heterocycles. The molecule has 1 heterocycles. The smallest absolute Gasteiger partial charge is 0.266 e. The minimum Gasteiger partial charge on any atom is -0.497 e. The Kier molecular flexibility index (Phi) is 7.30. The van der Waals surface area contributed by atoms with E-state index < -0.39 is 0 Å². The first-order valence-corrected chi connectivity index (χ1v) is 10.5. The van der Waals surface area contributed by atoms with Crippen molar-refractivity contribution in [2.75, 3.05) is 19.0 Å². The number of thiocarbonyl (C=S) groups is 1. The Bertz CT molecular complexity index is 961. The predicted octanol–water partition coefficient (Wildman–Crippen LogP) is 4.97. The maximum atomic E-state index is 12.7. The van der Waals surface area contributed by atoms with Crippen LogP contribution in [0.25, 0.3) is 6.08 Å². The van der Waals surface area contributed by atoms with Crippen molar-refractivity contribution in [1.82, 2.24) is 4.90 Å². The molecule has 2 amide bonds. The molecule has 0 radical (unpaired) electrons. The Balaban J connectivity index is 1.52. The third-order valence-corrected chi connectivity index (χ3v) is 5.95. The van der Waals surface area contributed by atoms with Crippen LogP contribution < -0.4 is 10.1 Å². The lowest BCUT2D eigenvalue weighted by Gasteiger charge is -2.14. The normalized spacial score (nSPS) is 15.1. The summed E-state index contributed by atoms with van der Waals surface area (Å²) < 4.78 is 5.58. The molecule has 29 heavy (non-hydrogen) atoms. The van der Waals surface area contributed by atoms with Gasteiger partial charge in [-0.05, 0) is 48.4 Å². The maximum Gasteiger partial charge on any atom is 0.266 e. The Hall–Kier alpha value is -2.35. The van der Waals surface area contributed by atoms with Crippen LogP contribution in [0.4, 0.5) is 5.69 Å². The van der Waals surface area contributed by atoms with Crippen molar-refractivity contribution in [3.05, 3.63) is 64.0 Å². The number of thioether (sulfide) groups is 1. The SMILES string of the molecule is COc1ccc(NC(=O)CCCN2C(=O)C(=Cc3ccccc3Cl)SC2=S)cc1. The standard InChI is InChI=1S/C21H19ClN2O3S2/c1-27-16-10-8-15(9-11-16)23-19(25)7-4-12-24-20(26)18(29-21(24)28)13-14-5-2-3-6-17(14)22/h2-3,5-6,8-11,13H,4,7,12H2,1H3,(H,23,25). The van der Waals surface area contributed by atoms with E-state index in [0.29, 0.717) is 32.9 Å². The van der Waals surface area contributed by atoms with Crippen molar-refractivity contribution >= 4 is 63.5 Å². The van der Waals surface area contributed by atoms with Gasteiger partial charge in [0, 0.05) is 23.7 Å². The summed E-state index contributed by atoms with van der Waals surface area (Å²) in [6.07, 6.45) is 2.54. The van der Waals surface area contributed by atoms with Crippen LogP contribution in [-0.2, 0) is 9.59 Å². The van der Waals surface area contributed by atoms with Gasteiger partial charge in [0.05, 0.1) is 12.0 Å². The van der Waals surface area contributed by atoms with E-state index in [4.69, 9.17) is 28.6 Å². The van der Waals surface area contributed by atoms with Gasteiger partial charge in [-0.3, -0.25) is 14.5 Å². The van der Waals surface area contributed by atoms with E-state index in [-0.39, 0.29) is 18.2 Å². The second-order valence-electron chi connectivity index (χ2n) is 6.24. The zero-order valence-corrected chi connectivity index (χ0v) is 18.1. The Labute approximate surface area is 184 Å². The molecule has 0 saturated carbocycles. The van der Waals surface area contributed by atoms with Crippen molar-refractivity contribution in [3.8, 4) is 5.75 Å². The lowest BCUT2D eigenvalue weighted by Crippen LogP contribution is -2.29. The lowest BCUT2D eigenvalue weighted by molar-refractivity contribution is -0.122. The molecule has 0 spiro atoms. The monoisotopic (exact) mass is 446 g/mol. The van der Waals surface area contributed by atoms with Gasteiger partial charge in [-0.2, -0.15) is 0 Å². The highest BCUT2D eigenvalue weighted by molar-refractivity contribution is 8.26. The van der Waals surface area contributed by atoms with Crippen molar-refractivity contribution in [1.29, 1.82) is 0 Å². The summed E-state index contributed by atoms with van der Waals surface area (Å²) in [6.45, 7) is 0.389. The van der Waals surface area contributed by atoms with E-state index in [1.54, 1.807) is 43.5 Å². The molecule has 8 heteroatoms. The van der Waals surface area contributed by atoms with E-state index in [2.05, 4.69) is 5.32 Å². The van der Waals surface area contributed by atoms with Gasteiger partial charge in [0.1, 0.15) is 10.1 Å². The Morgan fingerprint density at radius 2 is 1.97 bits per heavy atom. The molecule has 0 bridgehead atoms. The molecule has 2 aromatic rings. The number of nitrogens with one attached hydrogen (secondary N) is 1. The van der Waals surface area contributed by atoms with Crippen LogP contribution in [0.1, 0.15) is 18.4 Å². The number of ether oxygens (including phenoxy) is 1. The highest BCUT2D eigenvalue weighted by atomic mass is 35.5. The largest absolute Gasteiger partial charge is 0.497 e. The molecule has 1 aliphatic heterocycles. The van der Waals surface area contributed by atoms with Gasteiger partial charge in [-0.25, -0.2) is 0 Å². The molecule has 150 valence electrons. The van der Waals surface area contributed by atoms with Crippen LogP contribution in [0.5, 0.6) is 5.75 Å². The second kappa shape index (κ2) is 9.91. The predicted molar refractivity (Wildman–Crippen MR) is 122 cm³/mol. The third-order valence-electron chi connectivity index (χ3n) is 4.22. The van der Waals surface area contributed by atoms with E-state index in [1.165, 1.54) is 16.7 Å². The molecule has 1 fully saturated rings. The molecular formula is C21H19ClN2O3S2. The summed E-state index contributed by atoms with van der Waals surface area (Å²) in [5.74, 6) is 0.449. The molecule has 2 aromatic carbocycles. The van der Waals surface area contributed by atoms with E-state index in [1.807, 2.05) is 18.2 Å². The van der Waals surface area contributed by atoms with Crippen LogP contribution in [0, 0.1) is 0 Å². The van der Waals surface area contributed by atoms with Crippen LogP contribution >= 0.6 is 35.6 Å². The molecule has 1 saturated heterocycles. The third kappa shape index (κ3) is 5.59. The summed E-state index contributed by atoms with van der Waals surface area (Å²) in [5.41, 5.74) is 1.47. The fraction of sp³-hybridized carbons (Fsp3) is 0.190. The molecule has 1 N–H and O–H groups in total. The zero-order chi connectivity index (χ0) is 20.8. The molecular weight excluding hydrogens is 428 g/mol. The topological polar surface area (TPSA) is 58.6 Å². The lowest BCUT2D eigenvalue weighted by atomic mass is 10.2. The summed E-state index contributed by atoms with van der Waals surface area (Å²) in [4.78, 5) is 26.9. The first kappa shape index (κ1) is 21.4. The first-order chi connectivity index (χ1) is 14.0. The number of methoxy groups -OCH3 is 1. The van der Waals surface area contributed by atoms with Crippen molar-refractivity contribution in [2.24, 2.45) is 0 Å². The van der Waals surface area contributed by atoms with E-state index in [0.717, 1.165) is 11.3 Å². The molecule has 3 rings (SSSR count). The number of benzene rings is 2. The molecule has 0 atom stereocenters. The highest BCUT2D eigenvalue weighted by Crippen LogP contribution is 2.33. The van der Waals surface area contributed by atoms with Gasteiger partial charge in [0.2, 0.25) is 5.91 Å². The Morgan fingerprint density at radius 1 is 1.24 bits per heavy atom. The van der Waals surface area contributed by atoms with Gasteiger partial charge in [-0.15, -0.1) is 0 Å². The average Bonchev–Trinajstić information content (AvgIpc) is 2.97. The van der Waals surface area contributed by atoms with Crippen LogP contribution in [0.15, 0.2) is 53.4 Å². The van der Waals surface area contributed by atoms with Gasteiger partial charge >= 0.3 is 0 Å². The molecule has 5 nitrogen and oxygen atoms in total. The number of anilines is 1. The van der Waals surface area contributed by atoms with Crippen LogP contribution in [0.3, 0.4) is 0 Å². The van der Waals surface area contributed by atoms with Crippen molar-refractivity contribution in [3.63, 3.8) is 0 Å². The summed E-state index contributed by atoms with van der Waals surface area (Å²) in [6, 6.07) is 14.4. The average molecular weight is 447 g/mol. The zero-order valence-electron chi connectivity index (χ0n) is 15.7. The molecule has 0 unspecified atom stereocenters. The van der Waals surface area contributed by atoms with Gasteiger partial charge in [0.15, 0.2) is 0 Å². The quantitative estimate of drug-likeness (QED) is 0.480. The first-order valence-electron chi connectivity index (χ1n) is 8.92. The Morgan fingerprint density at radius 3 is 2.66 bits per heavy atom. The van der Waals surface area contributed by atoms with E-state index >= 15 is 0 Å². The minimum absolute atomic E-state index is 0.118. The van der Waals surface area contributed by atoms with Gasteiger partial charge in [-0.1, -0.05) is 53.8 Å². The fourth-order valence-corrected chi connectivity index (χ4v) is 4.21. The number of amides is 2. The fourth-order valence-electron chi connectivity index (χ4n) is 2.72. The number of carbonyl (C=O) groups excluding carboxylic acids is 2. The van der Waals surface area contributed by atoms with Gasteiger partial charge in [0.25, 0.3) is 5.91 Å². The molecule has 1 aliphatic rings. The number of nitrogens with zero attached hydrogens (tertiary/aromatic N) is 1.